The molecule has 0 aliphatic carbocycles. The van der Waals surface area contributed by atoms with Crippen LogP contribution in [0.3, 0.4) is 0 Å². The Morgan fingerprint density at radius 1 is 0.900 bits per heavy atom. The van der Waals surface area contributed by atoms with Gasteiger partial charge in [-0.2, -0.15) is 0 Å². The van der Waals surface area contributed by atoms with E-state index in [2.05, 4.69) is 0 Å². The largest absolute Gasteiger partial charge is 3.00 e. The van der Waals surface area contributed by atoms with Crippen molar-refractivity contribution < 1.29 is 34.3 Å². The molecule has 0 aliphatic rings. The van der Waals surface area contributed by atoms with Gasteiger partial charge in [-0.3, -0.25) is 7.32 Å². The molecule has 0 bridgehead atoms. The van der Waals surface area contributed by atoms with Gasteiger partial charge in [0, 0.05) is 0 Å². The van der Waals surface area contributed by atoms with Gasteiger partial charge in [-0.25, -0.2) is 0 Å². The molecule has 56 valence electrons. The first-order valence-electron chi connectivity index (χ1n) is 1.60. The van der Waals surface area contributed by atoms with E-state index < -0.39 is 16.4 Å². The summed E-state index contributed by atoms with van der Waals surface area (Å²) in [6.07, 6.45) is 0. The molecular formula is H4AlBO7Si. The van der Waals surface area contributed by atoms with Crippen molar-refractivity contribution in [1.29, 1.82) is 0 Å². The molecule has 0 radical (unpaired) electrons. The van der Waals surface area contributed by atoms with Crippen LogP contribution in [0.1, 0.15) is 0 Å². The Kier molecular flexibility index (Phi) is 12.9. The monoisotopic (exact) mass is 182 g/mol. The molecule has 0 heterocycles. The van der Waals surface area contributed by atoms with Crippen LogP contribution in [0.5, 0.6) is 0 Å². The van der Waals surface area contributed by atoms with Gasteiger partial charge < -0.3 is 34.3 Å². The zero-order valence-electron chi connectivity index (χ0n) is 4.67. The van der Waals surface area contributed by atoms with Gasteiger partial charge in [-0.1, -0.05) is 0 Å². The molecule has 4 N–H and O–H groups in total. The van der Waals surface area contributed by atoms with Gasteiger partial charge in [0.05, 0.1) is 0 Å². The maximum Gasteiger partial charge on any atom is 3.00 e. The smallest absolute Gasteiger partial charge is 0.907 e. The van der Waals surface area contributed by atoms with Crippen LogP contribution in [-0.4, -0.2) is 52.9 Å². The predicted octanol–water partition coefficient (Wildman–Crippen LogP) is -6.94. The molecule has 0 atom stereocenters. The minimum Gasteiger partial charge on any atom is -0.907 e. The van der Waals surface area contributed by atoms with Crippen molar-refractivity contribution in [3.63, 3.8) is 0 Å². The van der Waals surface area contributed by atoms with Crippen molar-refractivity contribution in [2.45, 2.75) is 0 Å². The summed E-state index contributed by atoms with van der Waals surface area (Å²) >= 11 is 0. The fourth-order valence-corrected chi connectivity index (χ4v) is 0. The maximum absolute atomic E-state index is 8.42. The fourth-order valence-electron chi connectivity index (χ4n) is 0. The summed E-state index contributed by atoms with van der Waals surface area (Å²) in [6.45, 7) is 0. The summed E-state index contributed by atoms with van der Waals surface area (Å²) in [5, 5.41) is 25.2. The van der Waals surface area contributed by atoms with Gasteiger partial charge in [0.2, 0.25) is 0 Å². The van der Waals surface area contributed by atoms with Gasteiger partial charge in [-0.15, -0.1) is 0 Å². The first kappa shape index (κ1) is 16.9. The van der Waals surface area contributed by atoms with E-state index in [0.717, 1.165) is 0 Å². The Morgan fingerprint density at radius 2 is 0.900 bits per heavy atom. The van der Waals surface area contributed by atoms with E-state index in [9.17, 15) is 0 Å². The van der Waals surface area contributed by atoms with Gasteiger partial charge in [0.25, 0.3) is 0 Å². The van der Waals surface area contributed by atoms with Crippen molar-refractivity contribution in [2.75, 3.05) is 0 Å². The van der Waals surface area contributed by atoms with Gasteiger partial charge in [-0.05, 0) is 0 Å². The molecule has 0 unspecified atom stereocenters. The molecule has 0 aromatic rings. The molecule has 0 saturated carbocycles. The number of hydrogen-bond acceptors (Lipinski definition) is 7. The Labute approximate surface area is 68.6 Å². The van der Waals surface area contributed by atoms with Crippen molar-refractivity contribution in [3.8, 4) is 0 Å². The molecule has 0 aromatic carbocycles. The summed E-state index contributed by atoms with van der Waals surface area (Å²) in [7, 11) is -7.53. The minimum atomic E-state index is -4.61. The molecule has 0 fully saturated rings. The first-order chi connectivity index (χ1) is 3.73. The number of rotatable bonds is 0. The number of hydrogen-bond donors (Lipinski definition) is 4. The van der Waals surface area contributed by atoms with Crippen LogP contribution >= 0.6 is 0 Å². The van der Waals surface area contributed by atoms with Crippen LogP contribution < -0.4 is 15.1 Å². The van der Waals surface area contributed by atoms with Crippen LogP contribution in [-0.2, 0) is 0 Å². The molecule has 10 heavy (non-hydrogen) atoms. The first-order valence-corrected chi connectivity index (χ1v) is 3.39. The molecule has 0 spiro atoms. The Hall–Kier alpha value is 0.534. The summed E-state index contributed by atoms with van der Waals surface area (Å²) in [6, 6.07) is 0. The van der Waals surface area contributed by atoms with Gasteiger partial charge in [0.1, 0.15) is 0 Å². The Balaban J connectivity index is -0.0000000910. The van der Waals surface area contributed by atoms with Crippen LogP contribution in [0.2, 0.25) is 0 Å². The van der Waals surface area contributed by atoms with Crippen molar-refractivity contribution in [3.05, 3.63) is 0 Å². The zero-order valence-corrected chi connectivity index (χ0v) is 6.82. The third-order valence-corrected chi connectivity index (χ3v) is 0. The SMILES string of the molecule is O[Si](O)(O)O.[Al+3].[O-]B([O-])[O-]. The van der Waals surface area contributed by atoms with Crippen molar-refractivity contribution >= 4 is 33.7 Å². The quantitative estimate of drug-likeness (QED) is 0.271. The molecule has 0 rings (SSSR count). The molecule has 0 amide bonds. The maximum atomic E-state index is 8.42. The van der Waals surface area contributed by atoms with E-state index in [1.165, 1.54) is 0 Å². The minimum absolute atomic E-state index is 0. The molecule has 7 nitrogen and oxygen atoms in total. The standard InChI is InChI=1S/Al.BO3.H4O4Si/c;2-1(3)4;1-5(2,3)4/h;;1-4H/q+3;-3;. The third kappa shape index (κ3) is 1700. The zero-order chi connectivity index (χ0) is 8.08. The topological polar surface area (TPSA) is 150 Å². The van der Waals surface area contributed by atoms with E-state index in [4.69, 9.17) is 34.3 Å². The van der Waals surface area contributed by atoms with E-state index in [0.29, 0.717) is 0 Å². The van der Waals surface area contributed by atoms with Gasteiger partial charge >= 0.3 is 26.4 Å². The molecule has 0 aromatic heterocycles. The molecular weight excluding hydrogens is 178 g/mol. The Bertz CT molecular complexity index is 50.4. The average molecular weight is 182 g/mol. The van der Waals surface area contributed by atoms with Crippen LogP contribution in [0.25, 0.3) is 0 Å². The van der Waals surface area contributed by atoms with E-state index >= 15 is 0 Å². The van der Waals surface area contributed by atoms with Crippen LogP contribution in [0.15, 0.2) is 0 Å². The van der Waals surface area contributed by atoms with E-state index in [1.54, 1.807) is 0 Å². The van der Waals surface area contributed by atoms with Crippen LogP contribution in [0.4, 0.5) is 0 Å². The van der Waals surface area contributed by atoms with E-state index in [1.807, 2.05) is 0 Å². The molecule has 10 heteroatoms. The third-order valence-electron chi connectivity index (χ3n) is 0. The van der Waals surface area contributed by atoms with Crippen molar-refractivity contribution in [1.82, 2.24) is 0 Å². The molecule has 0 aliphatic heterocycles. The Morgan fingerprint density at radius 3 is 0.900 bits per heavy atom. The fraction of sp³-hybridized carbons (Fsp3) is 0. The second-order valence-electron chi connectivity index (χ2n) is 0.889. The average Bonchev–Trinajstić information content (AvgIpc) is 1.19. The summed E-state index contributed by atoms with van der Waals surface area (Å²) in [5.41, 5.74) is 0. The summed E-state index contributed by atoms with van der Waals surface area (Å²) < 4.78 is 0. The normalized spacial score (nSPS) is 8.70. The van der Waals surface area contributed by atoms with E-state index in [-0.39, 0.29) is 17.4 Å². The van der Waals surface area contributed by atoms with Gasteiger partial charge in [0.15, 0.2) is 0 Å². The second kappa shape index (κ2) is 7.64. The second-order valence-corrected chi connectivity index (χ2v) is 2.09. The van der Waals surface area contributed by atoms with Crippen molar-refractivity contribution in [2.24, 2.45) is 0 Å². The van der Waals surface area contributed by atoms with Crippen LogP contribution in [0, 0.1) is 0 Å². The summed E-state index contributed by atoms with van der Waals surface area (Å²) in [4.78, 5) is 29.3. The molecule has 0 saturated heterocycles. The predicted molar refractivity (Wildman–Crippen MR) is 26.1 cm³/mol. The summed E-state index contributed by atoms with van der Waals surface area (Å²) in [5.74, 6) is 0.